The minimum absolute atomic E-state index is 0.391. The zero-order chi connectivity index (χ0) is 14.9. The Bertz CT molecular complexity index is 788. The van der Waals surface area contributed by atoms with Gasteiger partial charge in [-0.2, -0.15) is 0 Å². The maximum atomic E-state index is 6.06. The topological polar surface area (TPSA) is 43.6 Å². The summed E-state index contributed by atoms with van der Waals surface area (Å²) in [6.45, 7) is 0. The molecule has 1 aliphatic rings. The van der Waals surface area contributed by atoms with E-state index in [-0.39, 0.29) is 0 Å². The van der Waals surface area contributed by atoms with Crippen LogP contribution in [0.4, 0.5) is 0 Å². The molecule has 1 aliphatic carbocycles. The summed E-state index contributed by atoms with van der Waals surface area (Å²) in [4.78, 5) is 12.6. The molecule has 0 atom stereocenters. The molecule has 4 rings (SSSR count). The SMILES string of the molecule is Clc1ncnc2c1ncn2-c1ccc(C2CCCCC2)cc1. The van der Waals surface area contributed by atoms with Crippen molar-refractivity contribution in [3.05, 3.63) is 47.6 Å². The van der Waals surface area contributed by atoms with Crippen LogP contribution in [0.2, 0.25) is 5.15 Å². The molecule has 0 radical (unpaired) electrons. The van der Waals surface area contributed by atoms with Crippen LogP contribution in [0.3, 0.4) is 0 Å². The molecule has 4 nitrogen and oxygen atoms in total. The van der Waals surface area contributed by atoms with Gasteiger partial charge in [0, 0.05) is 5.69 Å². The first-order chi connectivity index (χ1) is 10.8. The van der Waals surface area contributed by atoms with E-state index in [1.54, 1.807) is 6.33 Å². The number of aromatic nitrogens is 4. The number of hydrogen-bond donors (Lipinski definition) is 0. The molecular weight excluding hydrogens is 296 g/mol. The van der Waals surface area contributed by atoms with Crippen molar-refractivity contribution < 1.29 is 0 Å². The highest BCUT2D eigenvalue weighted by atomic mass is 35.5. The molecule has 2 heterocycles. The van der Waals surface area contributed by atoms with Crippen molar-refractivity contribution in [3.8, 4) is 5.69 Å². The normalized spacial score (nSPS) is 16.2. The Morgan fingerprint density at radius 3 is 2.50 bits per heavy atom. The van der Waals surface area contributed by atoms with Crippen LogP contribution in [0.1, 0.15) is 43.6 Å². The fourth-order valence-corrected chi connectivity index (χ4v) is 3.52. The van der Waals surface area contributed by atoms with E-state index in [1.807, 2.05) is 4.57 Å². The quantitative estimate of drug-likeness (QED) is 0.654. The van der Waals surface area contributed by atoms with Gasteiger partial charge in [0.1, 0.15) is 18.2 Å². The summed E-state index contributed by atoms with van der Waals surface area (Å²) in [6.07, 6.45) is 9.95. The van der Waals surface area contributed by atoms with E-state index in [9.17, 15) is 0 Å². The van der Waals surface area contributed by atoms with Gasteiger partial charge in [-0.3, -0.25) is 4.57 Å². The molecule has 1 aromatic carbocycles. The number of hydrogen-bond acceptors (Lipinski definition) is 3. The van der Waals surface area contributed by atoms with Crippen molar-refractivity contribution in [3.63, 3.8) is 0 Å². The number of halogens is 1. The minimum Gasteiger partial charge on any atom is -0.283 e. The van der Waals surface area contributed by atoms with E-state index in [2.05, 4.69) is 39.2 Å². The van der Waals surface area contributed by atoms with E-state index in [1.165, 1.54) is 44.0 Å². The Hall–Kier alpha value is -1.94. The first-order valence-electron chi connectivity index (χ1n) is 7.77. The summed E-state index contributed by atoms with van der Waals surface area (Å²) in [7, 11) is 0. The lowest BCUT2D eigenvalue weighted by atomic mass is 9.84. The molecule has 0 spiro atoms. The molecule has 1 saturated carbocycles. The lowest BCUT2D eigenvalue weighted by Gasteiger charge is -2.22. The Balaban J connectivity index is 1.68. The molecule has 0 bridgehead atoms. The van der Waals surface area contributed by atoms with Crippen LogP contribution >= 0.6 is 11.6 Å². The predicted octanol–water partition coefficient (Wildman–Crippen LogP) is 4.52. The highest BCUT2D eigenvalue weighted by Crippen LogP contribution is 2.33. The van der Waals surface area contributed by atoms with Gasteiger partial charge in [-0.05, 0) is 36.5 Å². The average molecular weight is 313 g/mol. The van der Waals surface area contributed by atoms with Gasteiger partial charge in [-0.25, -0.2) is 15.0 Å². The maximum absolute atomic E-state index is 6.06. The average Bonchev–Trinajstić information content (AvgIpc) is 3.01. The third-order valence-electron chi connectivity index (χ3n) is 4.54. The van der Waals surface area contributed by atoms with E-state index in [0.717, 1.165) is 17.3 Å². The zero-order valence-electron chi connectivity index (χ0n) is 12.2. The summed E-state index contributed by atoms with van der Waals surface area (Å²) in [5.41, 5.74) is 3.88. The number of imidazole rings is 1. The fraction of sp³-hybridized carbons (Fsp3) is 0.353. The van der Waals surface area contributed by atoms with Crippen molar-refractivity contribution in [1.29, 1.82) is 0 Å². The van der Waals surface area contributed by atoms with Crippen LogP contribution in [0.5, 0.6) is 0 Å². The molecule has 5 heteroatoms. The molecule has 22 heavy (non-hydrogen) atoms. The van der Waals surface area contributed by atoms with Crippen molar-refractivity contribution in [2.24, 2.45) is 0 Å². The number of nitrogens with zero attached hydrogens (tertiary/aromatic N) is 4. The summed E-state index contributed by atoms with van der Waals surface area (Å²) in [5, 5.41) is 0.391. The summed E-state index contributed by atoms with van der Waals surface area (Å²) >= 11 is 6.06. The van der Waals surface area contributed by atoms with E-state index >= 15 is 0 Å². The molecular formula is C17H17ClN4. The zero-order valence-corrected chi connectivity index (χ0v) is 13.0. The lowest BCUT2D eigenvalue weighted by molar-refractivity contribution is 0.443. The van der Waals surface area contributed by atoms with E-state index in [0.29, 0.717) is 10.7 Å². The smallest absolute Gasteiger partial charge is 0.169 e. The fourth-order valence-electron chi connectivity index (χ4n) is 3.34. The van der Waals surface area contributed by atoms with Crippen molar-refractivity contribution in [2.75, 3.05) is 0 Å². The number of benzene rings is 1. The van der Waals surface area contributed by atoms with Gasteiger partial charge in [0.05, 0.1) is 0 Å². The molecule has 0 amide bonds. The standard InChI is InChI=1S/C17H17ClN4/c18-16-15-17(20-10-19-16)22(11-21-15)14-8-6-13(7-9-14)12-4-2-1-3-5-12/h6-12H,1-5H2. The van der Waals surface area contributed by atoms with E-state index < -0.39 is 0 Å². The highest BCUT2D eigenvalue weighted by molar-refractivity contribution is 6.33. The molecule has 0 N–H and O–H groups in total. The summed E-state index contributed by atoms with van der Waals surface area (Å²) in [5.74, 6) is 0.721. The highest BCUT2D eigenvalue weighted by Gasteiger charge is 2.16. The van der Waals surface area contributed by atoms with Gasteiger partial charge in [-0.1, -0.05) is 43.0 Å². The molecule has 0 saturated heterocycles. The third-order valence-corrected chi connectivity index (χ3v) is 4.81. The van der Waals surface area contributed by atoms with Gasteiger partial charge < -0.3 is 0 Å². The molecule has 0 unspecified atom stereocenters. The van der Waals surface area contributed by atoms with Crippen LogP contribution in [0, 0.1) is 0 Å². The van der Waals surface area contributed by atoms with Gasteiger partial charge in [-0.15, -0.1) is 0 Å². The monoisotopic (exact) mass is 312 g/mol. The minimum atomic E-state index is 0.391. The van der Waals surface area contributed by atoms with Crippen LogP contribution < -0.4 is 0 Å². The van der Waals surface area contributed by atoms with Gasteiger partial charge in [0.15, 0.2) is 10.8 Å². The first-order valence-corrected chi connectivity index (χ1v) is 8.14. The van der Waals surface area contributed by atoms with Crippen LogP contribution in [0.15, 0.2) is 36.9 Å². The molecule has 2 aromatic heterocycles. The van der Waals surface area contributed by atoms with Crippen molar-refractivity contribution >= 4 is 22.8 Å². The largest absolute Gasteiger partial charge is 0.283 e. The Labute approximate surface area is 134 Å². The number of fused-ring (bicyclic) bond motifs is 1. The number of rotatable bonds is 2. The predicted molar refractivity (Wildman–Crippen MR) is 87.5 cm³/mol. The Kier molecular flexibility index (Phi) is 3.54. The molecule has 0 aliphatic heterocycles. The third kappa shape index (κ3) is 2.37. The van der Waals surface area contributed by atoms with Crippen molar-refractivity contribution in [2.45, 2.75) is 38.0 Å². The van der Waals surface area contributed by atoms with Gasteiger partial charge in [0.2, 0.25) is 0 Å². The second kappa shape index (κ2) is 5.69. The van der Waals surface area contributed by atoms with E-state index in [4.69, 9.17) is 11.6 Å². The summed E-state index contributed by atoms with van der Waals surface area (Å²) < 4.78 is 1.95. The Morgan fingerprint density at radius 1 is 0.955 bits per heavy atom. The van der Waals surface area contributed by atoms with Crippen LogP contribution in [-0.2, 0) is 0 Å². The van der Waals surface area contributed by atoms with Gasteiger partial charge >= 0.3 is 0 Å². The Morgan fingerprint density at radius 2 is 1.73 bits per heavy atom. The van der Waals surface area contributed by atoms with Crippen molar-refractivity contribution in [1.82, 2.24) is 19.5 Å². The molecule has 3 aromatic rings. The molecule has 112 valence electrons. The molecule has 1 fully saturated rings. The first kappa shape index (κ1) is 13.7. The lowest BCUT2D eigenvalue weighted by Crippen LogP contribution is -2.04. The second-order valence-corrected chi connectivity index (χ2v) is 6.24. The summed E-state index contributed by atoms with van der Waals surface area (Å²) in [6, 6.07) is 8.75. The van der Waals surface area contributed by atoms with Crippen LogP contribution in [0.25, 0.3) is 16.9 Å². The van der Waals surface area contributed by atoms with Crippen LogP contribution in [-0.4, -0.2) is 19.5 Å². The second-order valence-electron chi connectivity index (χ2n) is 5.88. The maximum Gasteiger partial charge on any atom is 0.169 e. The van der Waals surface area contributed by atoms with Gasteiger partial charge in [0.25, 0.3) is 0 Å².